The topological polar surface area (TPSA) is 78.9 Å². The van der Waals surface area contributed by atoms with E-state index in [0.717, 1.165) is 37.2 Å². The molecule has 0 aliphatic carbocycles. The van der Waals surface area contributed by atoms with E-state index in [9.17, 15) is 9.59 Å². The number of nitrogens with one attached hydrogen (secondary N) is 1. The van der Waals surface area contributed by atoms with Gasteiger partial charge in [0.2, 0.25) is 5.91 Å². The fraction of sp³-hybridized carbons (Fsp3) is 0.517. The maximum absolute atomic E-state index is 12.7. The van der Waals surface area contributed by atoms with Gasteiger partial charge in [-0.05, 0) is 62.2 Å². The Morgan fingerprint density at radius 1 is 1.14 bits per heavy atom. The zero-order valence-corrected chi connectivity index (χ0v) is 22.0. The molecule has 2 rings (SSSR count). The molecule has 2 atom stereocenters. The lowest BCUT2D eigenvalue weighted by Crippen LogP contribution is -2.40. The van der Waals surface area contributed by atoms with E-state index in [1.165, 1.54) is 38.9 Å². The summed E-state index contributed by atoms with van der Waals surface area (Å²) in [4.78, 5) is 24.9. The highest BCUT2D eigenvalue weighted by molar-refractivity contribution is 5.77. The molecule has 1 aromatic rings. The standard InChI is InChI=1S/C25H36N2O.C4H8O3/c1-5-12-24(27-17-10-7-11-18-27)21(4)23(19-20(2)3)26-25(28)16-15-22-13-8-6-9-14-22;1-3(7-2)4(5)6/h5-6,8-9,12-14,20,23H,1,4,7,10-11,15-19H2,2-3H3,(H,26,28);3H,1-2H3,(H,5,6)/b24-12+;. The SMILES string of the molecule is C=C/C=C(\C(=C)C(CC(C)C)NC(=O)CCc1ccccc1)N1CCCCC1.COC(C)C(=O)O. The van der Waals surface area contributed by atoms with Crippen molar-refractivity contribution in [2.75, 3.05) is 20.2 Å². The van der Waals surface area contributed by atoms with Crippen molar-refractivity contribution in [1.29, 1.82) is 0 Å². The molecule has 1 amide bonds. The third-order valence-corrected chi connectivity index (χ3v) is 5.95. The number of likely N-dealkylation sites (tertiary alicyclic amines) is 1. The monoisotopic (exact) mass is 484 g/mol. The van der Waals surface area contributed by atoms with Crippen molar-refractivity contribution in [2.45, 2.75) is 71.4 Å². The highest BCUT2D eigenvalue weighted by Crippen LogP contribution is 2.25. The molecule has 6 nitrogen and oxygen atoms in total. The van der Waals surface area contributed by atoms with Gasteiger partial charge in [-0.25, -0.2) is 4.79 Å². The molecule has 194 valence electrons. The zero-order valence-electron chi connectivity index (χ0n) is 22.0. The number of piperidine rings is 1. The number of carboxylic acid groups (broad SMARTS) is 1. The summed E-state index contributed by atoms with van der Waals surface area (Å²) in [5, 5.41) is 11.3. The highest BCUT2D eigenvalue weighted by atomic mass is 16.5. The minimum absolute atomic E-state index is 0.0450. The molecule has 2 unspecified atom stereocenters. The van der Waals surface area contributed by atoms with Crippen LogP contribution in [0.3, 0.4) is 0 Å². The summed E-state index contributed by atoms with van der Waals surface area (Å²) in [5.74, 6) is -0.364. The first kappa shape index (κ1) is 30.2. The number of hydrogen-bond donors (Lipinski definition) is 2. The summed E-state index contributed by atoms with van der Waals surface area (Å²) in [7, 11) is 1.36. The number of carbonyl (C=O) groups excluding carboxylic acids is 1. The van der Waals surface area contributed by atoms with Crippen molar-refractivity contribution >= 4 is 11.9 Å². The van der Waals surface area contributed by atoms with Crippen molar-refractivity contribution in [3.8, 4) is 0 Å². The van der Waals surface area contributed by atoms with E-state index in [2.05, 4.69) is 60.2 Å². The fourth-order valence-corrected chi connectivity index (χ4v) is 3.87. The molecule has 6 heteroatoms. The Morgan fingerprint density at radius 2 is 1.77 bits per heavy atom. The van der Waals surface area contributed by atoms with Gasteiger partial charge in [0.25, 0.3) is 0 Å². The number of nitrogens with zero attached hydrogens (tertiary/aromatic N) is 1. The Bertz CT molecular complexity index is 826. The molecule has 2 N–H and O–H groups in total. The number of amides is 1. The van der Waals surface area contributed by atoms with Crippen molar-refractivity contribution in [2.24, 2.45) is 5.92 Å². The molecule has 0 saturated carbocycles. The minimum Gasteiger partial charge on any atom is -0.479 e. The quantitative estimate of drug-likeness (QED) is 0.390. The van der Waals surface area contributed by atoms with Gasteiger partial charge in [0.05, 0.1) is 6.04 Å². The van der Waals surface area contributed by atoms with Gasteiger partial charge >= 0.3 is 5.97 Å². The molecular weight excluding hydrogens is 440 g/mol. The average Bonchev–Trinajstić information content (AvgIpc) is 2.86. The number of aryl methyl sites for hydroxylation is 1. The third-order valence-electron chi connectivity index (χ3n) is 5.95. The summed E-state index contributed by atoms with van der Waals surface area (Å²) < 4.78 is 4.41. The van der Waals surface area contributed by atoms with Crippen molar-refractivity contribution < 1.29 is 19.4 Å². The average molecular weight is 485 g/mol. The molecule has 1 aromatic carbocycles. The first-order chi connectivity index (χ1) is 16.7. The van der Waals surface area contributed by atoms with Crippen molar-refractivity contribution in [1.82, 2.24) is 10.2 Å². The van der Waals surface area contributed by atoms with Crippen LogP contribution in [-0.4, -0.2) is 54.2 Å². The lowest BCUT2D eigenvalue weighted by Gasteiger charge is -2.35. The smallest absolute Gasteiger partial charge is 0.332 e. The first-order valence-corrected chi connectivity index (χ1v) is 12.5. The molecule has 0 spiro atoms. The number of rotatable bonds is 12. The summed E-state index contributed by atoms with van der Waals surface area (Å²) in [5.41, 5.74) is 3.32. The predicted octanol–water partition coefficient (Wildman–Crippen LogP) is 5.37. The number of ether oxygens (including phenoxy) is 1. The summed E-state index contributed by atoms with van der Waals surface area (Å²) in [6.07, 6.45) is 9.05. The van der Waals surface area contributed by atoms with Crippen LogP contribution in [0, 0.1) is 5.92 Å². The van der Waals surface area contributed by atoms with E-state index < -0.39 is 12.1 Å². The van der Waals surface area contributed by atoms with E-state index >= 15 is 0 Å². The van der Waals surface area contributed by atoms with Gasteiger partial charge in [0.15, 0.2) is 6.10 Å². The number of methoxy groups -OCH3 is 1. The van der Waals surface area contributed by atoms with Gasteiger partial charge in [-0.15, -0.1) is 0 Å². The van der Waals surface area contributed by atoms with Crippen LogP contribution < -0.4 is 5.32 Å². The van der Waals surface area contributed by atoms with Gasteiger partial charge in [-0.1, -0.05) is 63.4 Å². The van der Waals surface area contributed by atoms with Gasteiger partial charge in [0, 0.05) is 32.3 Å². The number of aliphatic carboxylic acids is 1. The number of allylic oxidation sites excluding steroid dienone is 2. The predicted molar refractivity (Wildman–Crippen MR) is 143 cm³/mol. The maximum atomic E-state index is 12.7. The van der Waals surface area contributed by atoms with Crippen LogP contribution in [0.5, 0.6) is 0 Å². The first-order valence-electron chi connectivity index (χ1n) is 12.5. The van der Waals surface area contributed by atoms with Crippen molar-refractivity contribution in [3.63, 3.8) is 0 Å². The Balaban J connectivity index is 0.000000762. The second kappa shape index (κ2) is 16.7. The molecule has 1 aliphatic rings. The summed E-state index contributed by atoms with van der Waals surface area (Å²) in [6.45, 7) is 16.2. The highest BCUT2D eigenvalue weighted by Gasteiger charge is 2.23. The molecule has 1 heterocycles. The summed E-state index contributed by atoms with van der Waals surface area (Å²) >= 11 is 0. The zero-order chi connectivity index (χ0) is 26.2. The van der Waals surface area contributed by atoms with E-state index in [-0.39, 0.29) is 11.9 Å². The molecule has 0 aromatic heterocycles. The van der Waals surface area contributed by atoms with Gasteiger partial charge < -0.3 is 20.1 Å². The summed E-state index contributed by atoms with van der Waals surface area (Å²) in [6, 6.07) is 10.1. The maximum Gasteiger partial charge on any atom is 0.332 e. The van der Waals surface area contributed by atoms with Crippen LogP contribution in [0.15, 0.2) is 66.9 Å². The van der Waals surface area contributed by atoms with Crippen LogP contribution in [0.1, 0.15) is 58.4 Å². The Morgan fingerprint density at radius 3 is 2.26 bits per heavy atom. The Kier molecular flexibility index (Phi) is 14.4. The lowest BCUT2D eigenvalue weighted by molar-refractivity contribution is -0.147. The Labute approximate surface area is 211 Å². The number of benzene rings is 1. The van der Waals surface area contributed by atoms with Crippen molar-refractivity contribution in [3.05, 3.63) is 72.5 Å². The van der Waals surface area contributed by atoms with Crippen LogP contribution >= 0.6 is 0 Å². The van der Waals surface area contributed by atoms with Crippen LogP contribution in [0.25, 0.3) is 0 Å². The third kappa shape index (κ3) is 11.9. The fourth-order valence-electron chi connectivity index (χ4n) is 3.87. The number of carbonyl (C=O) groups is 2. The second-order valence-corrected chi connectivity index (χ2v) is 9.31. The molecule has 0 bridgehead atoms. The van der Waals surface area contributed by atoms with E-state index in [1.54, 1.807) is 0 Å². The molecule has 1 fully saturated rings. The molecule has 1 saturated heterocycles. The van der Waals surface area contributed by atoms with E-state index in [4.69, 9.17) is 5.11 Å². The van der Waals surface area contributed by atoms with Gasteiger partial charge in [0.1, 0.15) is 0 Å². The van der Waals surface area contributed by atoms with Crippen LogP contribution in [-0.2, 0) is 20.7 Å². The normalized spacial score (nSPS) is 15.5. The molecule has 1 aliphatic heterocycles. The van der Waals surface area contributed by atoms with Gasteiger partial charge in [-0.2, -0.15) is 0 Å². The molecule has 0 radical (unpaired) electrons. The Hall–Kier alpha value is -2.86. The molecule has 35 heavy (non-hydrogen) atoms. The minimum atomic E-state index is -0.928. The molecular formula is C29H44N2O4. The number of hydrogen-bond acceptors (Lipinski definition) is 4. The van der Waals surface area contributed by atoms with Crippen LogP contribution in [0.4, 0.5) is 0 Å². The number of carboxylic acids is 1. The largest absolute Gasteiger partial charge is 0.479 e. The van der Waals surface area contributed by atoms with Crippen LogP contribution in [0.2, 0.25) is 0 Å². The second-order valence-electron chi connectivity index (χ2n) is 9.31. The van der Waals surface area contributed by atoms with E-state index in [1.807, 2.05) is 24.3 Å². The van der Waals surface area contributed by atoms with Gasteiger partial charge in [-0.3, -0.25) is 4.79 Å². The van der Waals surface area contributed by atoms with E-state index in [0.29, 0.717) is 12.3 Å². The lowest BCUT2D eigenvalue weighted by atomic mass is 9.94.